The fourth-order valence-electron chi connectivity index (χ4n) is 2.99. The summed E-state index contributed by atoms with van der Waals surface area (Å²) in [7, 11) is 0. The number of aryl methyl sites for hydroxylation is 2. The van der Waals surface area contributed by atoms with Crippen LogP contribution in [0.4, 0.5) is 5.69 Å². The molecule has 1 aromatic heterocycles. The molecule has 0 aliphatic carbocycles. The fraction of sp³-hybridized carbons (Fsp3) is 0.0870. The molecule has 0 fully saturated rings. The lowest BCUT2D eigenvalue weighted by atomic mass is 10.1. The molecule has 0 unspecified atom stereocenters. The van der Waals surface area contributed by atoms with E-state index in [1.807, 2.05) is 86.6 Å². The Hall–Kier alpha value is -3.25. The summed E-state index contributed by atoms with van der Waals surface area (Å²) in [6.45, 7) is 4.05. The van der Waals surface area contributed by atoms with Gasteiger partial charge in [0, 0.05) is 15.7 Å². The van der Waals surface area contributed by atoms with E-state index >= 15 is 0 Å². The maximum atomic E-state index is 12.8. The largest absolute Gasteiger partial charge is 0.319 e. The van der Waals surface area contributed by atoms with Crippen LogP contribution < -0.4 is 5.32 Å². The molecule has 144 valence electrons. The normalized spacial score (nSPS) is 10.7. The van der Waals surface area contributed by atoms with Crippen LogP contribution in [0.5, 0.6) is 0 Å². The summed E-state index contributed by atoms with van der Waals surface area (Å²) < 4.78 is 2.60. The summed E-state index contributed by atoms with van der Waals surface area (Å²) in [4.78, 5) is 17.4. The fourth-order valence-corrected chi connectivity index (χ4v) is 3.39. The van der Waals surface area contributed by atoms with Gasteiger partial charge < -0.3 is 5.32 Å². The molecule has 0 bridgehead atoms. The van der Waals surface area contributed by atoms with E-state index in [0.29, 0.717) is 11.5 Å². The molecule has 6 heteroatoms. The van der Waals surface area contributed by atoms with Gasteiger partial charge >= 0.3 is 0 Å². The lowest BCUT2D eigenvalue weighted by Crippen LogP contribution is -2.14. The molecule has 4 aromatic rings. The van der Waals surface area contributed by atoms with E-state index in [-0.39, 0.29) is 11.7 Å². The zero-order valence-electron chi connectivity index (χ0n) is 16.1. The quantitative estimate of drug-likeness (QED) is 0.445. The predicted octanol–water partition coefficient (Wildman–Crippen LogP) is 5.57. The molecule has 1 amide bonds. The second-order valence-corrected chi connectivity index (χ2v) is 7.76. The average molecular weight is 447 g/mol. The first-order valence-electron chi connectivity index (χ1n) is 9.18. The van der Waals surface area contributed by atoms with E-state index in [1.54, 1.807) is 4.68 Å². The monoisotopic (exact) mass is 446 g/mol. The lowest BCUT2D eigenvalue weighted by Gasteiger charge is -2.07. The topological polar surface area (TPSA) is 59.8 Å². The molecule has 0 saturated carbocycles. The van der Waals surface area contributed by atoms with Crippen LogP contribution in [0.2, 0.25) is 0 Å². The van der Waals surface area contributed by atoms with Gasteiger partial charge in [0.1, 0.15) is 0 Å². The Morgan fingerprint density at radius 3 is 2.41 bits per heavy atom. The zero-order valence-corrected chi connectivity index (χ0v) is 17.6. The predicted molar refractivity (Wildman–Crippen MR) is 118 cm³/mol. The lowest BCUT2D eigenvalue weighted by molar-refractivity contribution is 0.101. The molecular weight excluding hydrogens is 428 g/mol. The number of hydrogen-bond donors (Lipinski definition) is 1. The van der Waals surface area contributed by atoms with Crippen LogP contribution in [0, 0.1) is 13.8 Å². The molecule has 0 radical (unpaired) electrons. The highest BCUT2D eigenvalue weighted by Gasteiger charge is 2.19. The standard InChI is InChI=1S/C23H19BrN4O/c1-15-9-11-17(12-10-15)22-26-21(23(29)25-19-7-4-6-18(24)14-19)27-28(22)20-8-3-5-16(2)13-20/h3-14H,1-2H3,(H,25,29). The molecule has 0 aliphatic rings. The van der Waals surface area contributed by atoms with Gasteiger partial charge in [-0.05, 0) is 49.7 Å². The summed E-state index contributed by atoms with van der Waals surface area (Å²) >= 11 is 3.41. The highest BCUT2D eigenvalue weighted by atomic mass is 79.9. The van der Waals surface area contributed by atoms with Crippen molar-refractivity contribution in [3.8, 4) is 17.1 Å². The Labute approximate surface area is 177 Å². The summed E-state index contributed by atoms with van der Waals surface area (Å²) in [5, 5.41) is 7.38. The number of halogens is 1. The molecule has 1 N–H and O–H groups in total. The van der Waals surface area contributed by atoms with Crippen molar-refractivity contribution >= 4 is 27.5 Å². The van der Waals surface area contributed by atoms with Crippen molar-refractivity contribution in [2.75, 3.05) is 5.32 Å². The van der Waals surface area contributed by atoms with Gasteiger partial charge in [0.2, 0.25) is 5.82 Å². The van der Waals surface area contributed by atoms with Crippen molar-refractivity contribution in [1.29, 1.82) is 0 Å². The van der Waals surface area contributed by atoms with E-state index in [2.05, 4.69) is 31.3 Å². The second kappa shape index (κ2) is 8.01. The molecule has 0 saturated heterocycles. The highest BCUT2D eigenvalue weighted by Crippen LogP contribution is 2.23. The van der Waals surface area contributed by atoms with E-state index in [4.69, 9.17) is 0 Å². The maximum Gasteiger partial charge on any atom is 0.295 e. The zero-order chi connectivity index (χ0) is 20.4. The number of benzene rings is 3. The number of rotatable bonds is 4. The Morgan fingerprint density at radius 1 is 0.931 bits per heavy atom. The second-order valence-electron chi connectivity index (χ2n) is 6.84. The third-order valence-electron chi connectivity index (χ3n) is 4.45. The molecule has 0 aliphatic heterocycles. The maximum absolute atomic E-state index is 12.8. The first-order chi connectivity index (χ1) is 14.0. The average Bonchev–Trinajstić information content (AvgIpc) is 3.14. The van der Waals surface area contributed by atoms with Gasteiger partial charge in [-0.3, -0.25) is 4.79 Å². The third kappa shape index (κ3) is 4.27. The highest BCUT2D eigenvalue weighted by molar-refractivity contribution is 9.10. The van der Waals surface area contributed by atoms with Gasteiger partial charge in [0.15, 0.2) is 5.82 Å². The SMILES string of the molecule is Cc1ccc(-c2nc(C(=O)Nc3cccc(Br)c3)nn2-c2cccc(C)c2)cc1. The molecule has 1 heterocycles. The Balaban J connectivity index is 1.76. The minimum Gasteiger partial charge on any atom is -0.319 e. The summed E-state index contributed by atoms with van der Waals surface area (Å²) in [5.74, 6) is 0.375. The number of carbonyl (C=O) groups excluding carboxylic acids is 1. The van der Waals surface area contributed by atoms with E-state index < -0.39 is 0 Å². The van der Waals surface area contributed by atoms with Crippen LogP contribution in [0.25, 0.3) is 17.1 Å². The van der Waals surface area contributed by atoms with Crippen molar-refractivity contribution in [2.24, 2.45) is 0 Å². The van der Waals surface area contributed by atoms with Gasteiger partial charge in [0.05, 0.1) is 5.69 Å². The van der Waals surface area contributed by atoms with Crippen LogP contribution in [-0.4, -0.2) is 20.7 Å². The third-order valence-corrected chi connectivity index (χ3v) is 4.94. The molecule has 0 atom stereocenters. The summed E-state index contributed by atoms with van der Waals surface area (Å²) in [6, 6.07) is 23.4. The molecular formula is C23H19BrN4O. The molecule has 3 aromatic carbocycles. The molecule has 0 spiro atoms. The smallest absolute Gasteiger partial charge is 0.295 e. The summed E-state index contributed by atoms with van der Waals surface area (Å²) in [6.07, 6.45) is 0. The number of hydrogen-bond acceptors (Lipinski definition) is 3. The van der Waals surface area contributed by atoms with Crippen LogP contribution in [-0.2, 0) is 0 Å². The molecule has 5 nitrogen and oxygen atoms in total. The van der Waals surface area contributed by atoms with Crippen molar-refractivity contribution in [3.63, 3.8) is 0 Å². The number of carbonyl (C=O) groups is 1. The Bertz CT molecular complexity index is 1180. The summed E-state index contributed by atoms with van der Waals surface area (Å²) in [5.41, 5.74) is 4.69. The minimum atomic E-state index is -0.358. The number of anilines is 1. The Morgan fingerprint density at radius 2 is 1.69 bits per heavy atom. The van der Waals surface area contributed by atoms with Gasteiger partial charge in [-0.25, -0.2) is 9.67 Å². The Kier molecular flexibility index (Phi) is 5.27. The van der Waals surface area contributed by atoms with E-state index in [9.17, 15) is 4.79 Å². The van der Waals surface area contributed by atoms with Gasteiger partial charge in [-0.15, -0.1) is 5.10 Å². The number of amides is 1. The van der Waals surface area contributed by atoms with Gasteiger partial charge in [-0.1, -0.05) is 64.0 Å². The minimum absolute atomic E-state index is 0.113. The van der Waals surface area contributed by atoms with Gasteiger partial charge in [-0.2, -0.15) is 0 Å². The van der Waals surface area contributed by atoms with E-state index in [1.165, 1.54) is 0 Å². The van der Waals surface area contributed by atoms with Crippen molar-refractivity contribution in [2.45, 2.75) is 13.8 Å². The first-order valence-corrected chi connectivity index (χ1v) is 9.97. The van der Waals surface area contributed by atoms with Gasteiger partial charge in [0.25, 0.3) is 5.91 Å². The first kappa shape index (κ1) is 19.1. The molecule has 29 heavy (non-hydrogen) atoms. The van der Waals surface area contributed by atoms with E-state index in [0.717, 1.165) is 26.9 Å². The van der Waals surface area contributed by atoms with Crippen molar-refractivity contribution in [3.05, 3.63) is 94.2 Å². The van der Waals surface area contributed by atoms with Crippen LogP contribution in [0.15, 0.2) is 77.3 Å². The van der Waals surface area contributed by atoms with Crippen molar-refractivity contribution in [1.82, 2.24) is 14.8 Å². The van der Waals surface area contributed by atoms with Crippen molar-refractivity contribution < 1.29 is 4.79 Å². The van der Waals surface area contributed by atoms with Crippen LogP contribution >= 0.6 is 15.9 Å². The number of aromatic nitrogens is 3. The van der Waals surface area contributed by atoms with Crippen LogP contribution in [0.3, 0.4) is 0 Å². The molecule has 4 rings (SSSR count). The number of nitrogens with zero attached hydrogens (tertiary/aromatic N) is 3. The number of nitrogens with one attached hydrogen (secondary N) is 1. The van der Waals surface area contributed by atoms with Crippen LogP contribution in [0.1, 0.15) is 21.7 Å².